The molecule has 1 saturated heterocycles. The number of amides is 2. The van der Waals surface area contributed by atoms with E-state index in [1.54, 1.807) is 4.90 Å². The van der Waals surface area contributed by atoms with Crippen molar-refractivity contribution in [2.45, 2.75) is 57.1 Å². The number of carbonyl (C=O) groups is 2. The lowest BCUT2D eigenvalue weighted by atomic mass is 10.0. The Kier molecular flexibility index (Phi) is 4.58. The Morgan fingerprint density at radius 1 is 1.11 bits per heavy atom. The lowest BCUT2D eigenvalue weighted by molar-refractivity contribution is -0.146. The van der Waals surface area contributed by atoms with Crippen LogP contribution in [0.25, 0.3) is 0 Å². The van der Waals surface area contributed by atoms with Crippen LogP contribution in [0, 0.1) is 0 Å². The van der Waals surface area contributed by atoms with E-state index in [0.717, 1.165) is 25.7 Å². The van der Waals surface area contributed by atoms with Gasteiger partial charge in [-0.25, -0.2) is 0 Å². The second-order valence-corrected chi connectivity index (χ2v) is 5.22. The van der Waals surface area contributed by atoms with E-state index in [2.05, 4.69) is 0 Å². The summed E-state index contributed by atoms with van der Waals surface area (Å²) >= 11 is 0. The number of carbonyl (C=O) groups excluding carboxylic acids is 2. The first-order valence-corrected chi connectivity index (χ1v) is 6.89. The summed E-state index contributed by atoms with van der Waals surface area (Å²) in [6, 6.07) is -0.432. The molecule has 2 fully saturated rings. The van der Waals surface area contributed by atoms with Gasteiger partial charge in [-0.1, -0.05) is 12.8 Å². The van der Waals surface area contributed by atoms with Crippen molar-refractivity contribution in [2.75, 3.05) is 13.2 Å². The van der Waals surface area contributed by atoms with E-state index in [9.17, 15) is 9.59 Å². The molecular formula is C13H22N2O3. The molecule has 0 aromatic heterocycles. The normalized spacial score (nSPS) is 25.3. The maximum atomic E-state index is 12.1. The maximum Gasteiger partial charge on any atom is 0.249 e. The van der Waals surface area contributed by atoms with Gasteiger partial charge in [-0.2, -0.15) is 0 Å². The number of primary amides is 1. The SMILES string of the molecule is NC(=O)C1CCCCN1C(=O)COC1CCCC1. The van der Waals surface area contributed by atoms with E-state index in [0.29, 0.717) is 13.0 Å². The summed E-state index contributed by atoms with van der Waals surface area (Å²) in [5.41, 5.74) is 5.34. The second-order valence-electron chi connectivity index (χ2n) is 5.22. The van der Waals surface area contributed by atoms with Gasteiger partial charge in [0, 0.05) is 6.54 Å². The highest BCUT2D eigenvalue weighted by Gasteiger charge is 2.31. The van der Waals surface area contributed by atoms with Crippen LogP contribution in [0.5, 0.6) is 0 Å². The van der Waals surface area contributed by atoms with Crippen LogP contribution in [0.3, 0.4) is 0 Å². The molecule has 1 aliphatic heterocycles. The summed E-state index contributed by atoms with van der Waals surface area (Å²) in [6.45, 7) is 0.717. The number of hydrogen-bond donors (Lipinski definition) is 1. The van der Waals surface area contributed by atoms with E-state index in [4.69, 9.17) is 10.5 Å². The third kappa shape index (κ3) is 3.22. The van der Waals surface area contributed by atoms with Crippen molar-refractivity contribution >= 4 is 11.8 Å². The van der Waals surface area contributed by atoms with Gasteiger partial charge in [-0.15, -0.1) is 0 Å². The summed E-state index contributed by atoms with van der Waals surface area (Å²) in [6.07, 6.45) is 7.29. The van der Waals surface area contributed by atoms with Crippen LogP contribution in [0.2, 0.25) is 0 Å². The highest BCUT2D eigenvalue weighted by atomic mass is 16.5. The Balaban J connectivity index is 1.83. The molecule has 1 aliphatic carbocycles. The van der Waals surface area contributed by atoms with Gasteiger partial charge in [-0.3, -0.25) is 9.59 Å². The standard InChI is InChI=1S/C13H22N2O3/c14-13(17)11-7-3-4-8-15(11)12(16)9-18-10-5-1-2-6-10/h10-11H,1-9H2,(H2,14,17). The largest absolute Gasteiger partial charge is 0.368 e. The van der Waals surface area contributed by atoms with Crippen LogP contribution in [0.15, 0.2) is 0 Å². The van der Waals surface area contributed by atoms with Crippen molar-refractivity contribution in [3.8, 4) is 0 Å². The molecule has 0 aromatic rings. The lowest BCUT2D eigenvalue weighted by Gasteiger charge is -2.33. The molecule has 2 aliphatic rings. The van der Waals surface area contributed by atoms with E-state index in [-0.39, 0.29) is 18.6 Å². The van der Waals surface area contributed by atoms with Crippen molar-refractivity contribution < 1.29 is 14.3 Å². The van der Waals surface area contributed by atoms with Crippen molar-refractivity contribution in [3.63, 3.8) is 0 Å². The third-order valence-electron chi connectivity index (χ3n) is 3.90. The zero-order valence-electron chi connectivity index (χ0n) is 10.8. The quantitative estimate of drug-likeness (QED) is 0.807. The fourth-order valence-corrected chi connectivity index (χ4v) is 2.85. The van der Waals surface area contributed by atoms with E-state index >= 15 is 0 Å². The van der Waals surface area contributed by atoms with Crippen LogP contribution >= 0.6 is 0 Å². The number of ether oxygens (including phenoxy) is 1. The maximum absolute atomic E-state index is 12.1. The molecule has 5 heteroatoms. The summed E-state index contributed by atoms with van der Waals surface area (Å²) in [7, 11) is 0. The molecule has 102 valence electrons. The molecule has 0 spiro atoms. The molecule has 0 radical (unpaired) electrons. The Hall–Kier alpha value is -1.10. The fourth-order valence-electron chi connectivity index (χ4n) is 2.85. The molecule has 0 aromatic carbocycles. The van der Waals surface area contributed by atoms with Crippen molar-refractivity contribution in [1.82, 2.24) is 4.90 Å². The molecule has 2 amide bonds. The minimum absolute atomic E-state index is 0.0917. The summed E-state index contributed by atoms with van der Waals surface area (Å²) in [5.74, 6) is -0.491. The van der Waals surface area contributed by atoms with Gasteiger partial charge in [0.05, 0.1) is 6.10 Å². The summed E-state index contributed by atoms with van der Waals surface area (Å²) in [4.78, 5) is 25.0. The van der Waals surface area contributed by atoms with Gasteiger partial charge in [-0.05, 0) is 32.1 Å². The molecule has 1 saturated carbocycles. The number of piperidine rings is 1. The monoisotopic (exact) mass is 254 g/mol. The van der Waals surface area contributed by atoms with Gasteiger partial charge in [0.25, 0.3) is 0 Å². The zero-order valence-corrected chi connectivity index (χ0v) is 10.8. The Labute approximate surface area is 108 Å². The van der Waals surface area contributed by atoms with Crippen LogP contribution in [-0.4, -0.2) is 42.0 Å². The number of nitrogens with two attached hydrogens (primary N) is 1. The molecule has 1 unspecified atom stereocenters. The summed E-state index contributed by atoms with van der Waals surface area (Å²) in [5, 5.41) is 0. The molecule has 1 atom stereocenters. The minimum Gasteiger partial charge on any atom is -0.368 e. The number of rotatable bonds is 4. The van der Waals surface area contributed by atoms with Crippen LogP contribution < -0.4 is 5.73 Å². The van der Waals surface area contributed by atoms with Gasteiger partial charge in [0.1, 0.15) is 12.6 Å². The first-order valence-electron chi connectivity index (χ1n) is 6.89. The van der Waals surface area contributed by atoms with Crippen molar-refractivity contribution in [1.29, 1.82) is 0 Å². The molecule has 5 nitrogen and oxygen atoms in total. The average Bonchev–Trinajstić information content (AvgIpc) is 2.89. The first-order chi connectivity index (χ1) is 8.68. The molecule has 2 N–H and O–H groups in total. The van der Waals surface area contributed by atoms with E-state index < -0.39 is 11.9 Å². The number of nitrogens with zero attached hydrogens (tertiary/aromatic N) is 1. The minimum atomic E-state index is -0.432. The first kappa shape index (κ1) is 13.3. The van der Waals surface area contributed by atoms with E-state index in [1.165, 1.54) is 12.8 Å². The van der Waals surface area contributed by atoms with Crippen LogP contribution in [-0.2, 0) is 14.3 Å². The van der Waals surface area contributed by atoms with Gasteiger partial charge in [0.15, 0.2) is 0 Å². The van der Waals surface area contributed by atoms with Crippen molar-refractivity contribution in [2.24, 2.45) is 5.73 Å². The number of likely N-dealkylation sites (tertiary alicyclic amines) is 1. The highest BCUT2D eigenvalue weighted by Crippen LogP contribution is 2.22. The molecule has 18 heavy (non-hydrogen) atoms. The third-order valence-corrected chi connectivity index (χ3v) is 3.90. The Bertz CT molecular complexity index is 313. The molecular weight excluding hydrogens is 232 g/mol. The predicted molar refractivity (Wildman–Crippen MR) is 66.8 cm³/mol. The average molecular weight is 254 g/mol. The smallest absolute Gasteiger partial charge is 0.249 e. The zero-order chi connectivity index (χ0) is 13.0. The van der Waals surface area contributed by atoms with Gasteiger partial charge in [0.2, 0.25) is 11.8 Å². The molecule has 0 bridgehead atoms. The summed E-state index contributed by atoms with van der Waals surface area (Å²) < 4.78 is 5.60. The molecule has 2 rings (SSSR count). The Morgan fingerprint density at radius 2 is 1.78 bits per heavy atom. The number of hydrogen-bond acceptors (Lipinski definition) is 3. The lowest BCUT2D eigenvalue weighted by Crippen LogP contribution is -2.51. The molecule has 1 heterocycles. The van der Waals surface area contributed by atoms with E-state index in [1.807, 2.05) is 0 Å². The van der Waals surface area contributed by atoms with Crippen molar-refractivity contribution in [3.05, 3.63) is 0 Å². The van der Waals surface area contributed by atoms with Crippen LogP contribution in [0.4, 0.5) is 0 Å². The second kappa shape index (κ2) is 6.18. The highest BCUT2D eigenvalue weighted by molar-refractivity contribution is 5.87. The Morgan fingerprint density at radius 3 is 2.44 bits per heavy atom. The topological polar surface area (TPSA) is 72.6 Å². The predicted octanol–water partition coefficient (Wildman–Crippen LogP) is 0.812. The fraction of sp³-hybridized carbons (Fsp3) is 0.846. The van der Waals surface area contributed by atoms with Gasteiger partial charge >= 0.3 is 0 Å². The van der Waals surface area contributed by atoms with Crippen LogP contribution in [0.1, 0.15) is 44.9 Å². The van der Waals surface area contributed by atoms with Gasteiger partial charge < -0.3 is 15.4 Å².